The summed E-state index contributed by atoms with van der Waals surface area (Å²) in [5, 5.41) is 5.20. The van der Waals surface area contributed by atoms with Crippen molar-refractivity contribution in [2.24, 2.45) is 0 Å². The van der Waals surface area contributed by atoms with Crippen molar-refractivity contribution in [2.45, 2.75) is 50.7 Å². The number of ether oxygens (including phenoxy) is 2. The van der Waals surface area contributed by atoms with Crippen LogP contribution in [0, 0.1) is 13.8 Å². The quantitative estimate of drug-likeness (QED) is 0.502. The van der Waals surface area contributed by atoms with Gasteiger partial charge in [-0.15, -0.1) is 5.10 Å². The zero-order valence-electron chi connectivity index (χ0n) is 19.2. The summed E-state index contributed by atoms with van der Waals surface area (Å²) in [5.74, 6) is 2.29. The van der Waals surface area contributed by atoms with E-state index < -0.39 is 0 Å². The van der Waals surface area contributed by atoms with Gasteiger partial charge in [0.2, 0.25) is 11.1 Å². The van der Waals surface area contributed by atoms with E-state index in [2.05, 4.69) is 15.1 Å². The summed E-state index contributed by atoms with van der Waals surface area (Å²) in [6, 6.07) is 5.76. The molecule has 3 aromatic rings. The number of benzene rings is 1. The molecule has 1 unspecified atom stereocenters. The Labute approximate surface area is 192 Å². The highest BCUT2D eigenvalue weighted by molar-refractivity contribution is 7.98. The second-order valence-electron chi connectivity index (χ2n) is 7.92. The molecular weight excluding hydrogens is 426 g/mol. The standard InChI is InChI=1S/C23H29N5O3S/c1-14-17(15(2)28-22(24-14)25-23(26-28)32-5)9-11-21(29)27-12-6-7-19(27)18-13-16(30-3)8-10-20(18)31-4/h8,10,13,19H,6-7,9,11-12H2,1-5H3. The van der Waals surface area contributed by atoms with Gasteiger partial charge in [-0.2, -0.15) is 4.98 Å². The minimum Gasteiger partial charge on any atom is -0.497 e. The summed E-state index contributed by atoms with van der Waals surface area (Å²) < 4.78 is 12.8. The fourth-order valence-electron chi connectivity index (χ4n) is 4.50. The maximum atomic E-state index is 13.3. The molecule has 1 aromatic carbocycles. The number of methoxy groups -OCH3 is 2. The van der Waals surface area contributed by atoms with Crippen molar-refractivity contribution in [1.29, 1.82) is 0 Å². The van der Waals surface area contributed by atoms with Crippen LogP contribution in [0.4, 0.5) is 0 Å². The van der Waals surface area contributed by atoms with E-state index in [9.17, 15) is 4.79 Å². The lowest BCUT2D eigenvalue weighted by molar-refractivity contribution is -0.132. The van der Waals surface area contributed by atoms with Crippen molar-refractivity contribution in [3.63, 3.8) is 0 Å². The number of hydrogen-bond acceptors (Lipinski definition) is 7. The van der Waals surface area contributed by atoms with Crippen LogP contribution in [0.2, 0.25) is 0 Å². The molecular formula is C23H29N5O3S. The number of carbonyl (C=O) groups is 1. The average molecular weight is 456 g/mol. The number of carbonyl (C=O) groups excluding carboxylic acids is 1. The van der Waals surface area contributed by atoms with E-state index in [0.717, 1.165) is 53.4 Å². The highest BCUT2D eigenvalue weighted by Crippen LogP contribution is 2.39. The van der Waals surface area contributed by atoms with Gasteiger partial charge in [0.25, 0.3) is 5.78 Å². The van der Waals surface area contributed by atoms with Crippen LogP contribution in [-0.2, 0) is 11.2 Å². The third-order valence-corrected chi connectivity index (χ3v) is 6.71. The smallest absolute Gasteiger partial charge is 0.253 e. The molecule has 0 saturated carbocycles. The van der Waals surface area contributed by atoms with Crippen molar-refractivity contribution >= 4 is 23.4 Å². The molecule has 0 bridgehead atoms. The highest BCUT2D eigenvalue weighted by Gasteiger charge is 2.32. The molecule has 1 amide bonds. The number of aromatic nitrogens is 4. The predicted octanol–water partition coefficient (Wildman–Crippen LogP) is 3.78. The Morgan fingerprint density at radius 2 is 2.03 bits per heavy atom. The minimum absolute atomic E-state index is 0.00481. The fraction of sp³-hybridized carbons (Fsp3) is 0.478. The maximum absolute atomic E-state index is 13.3. The molecule has 1 aliphatic heterocycles. The van der Waals surface area contributed by atoms with Crippen LogP contribution in [0.25, 0.3) is 5.78 Å². The molecule has 0 N–H and O–H groups in total. The van der Waals surface area contributed by atoms with Crippen LogP contribution in [0.15, 0.2) is 23.4 Å². The first-order valence-corrected chi connectivity index (χ1v) is 12.0. The van der Waals surface area contributed by atoms with Crippen LogP contribution >= 0.6 is 11.8 Å². The molecule has 32 heavy (non-hydrogen) atoms. The van der Waals surface area contributed by atoms with E-state index in [1.807, 2.05) is 43.2 Å². The first kappa shape index (κ1) is 22.4. The Morgan fingerprint density at radius 1 is 1.22 bits per heavy atom. The van der Waals surface area contributed by atoms with Gasteiger partial charge in [-0.25, -0.2) is 9.50 Å². The summed E-state index contributed by atoms with van der Waals surface area (Å²) in [6.07, 6.45) is 4.87. The number of nitrogens with zero attached hydrogens (tertiary/aromatic N) is 5. The van der Waals surface area contributed by atoms with Gasteiger partial charge in [0.15, 0.2) is 0 Å². The molecule has 4 rings (SSSR count). The van der Waals surface area contributed by atoms with Crippen LogP contribution in [-0.4, -0.2) is 57.4 Å². The lowest BCUT2D eigenvalue weighted by Gasteiger charge is -2.27. The first-order valence-electron chi connectivity index (χ1n) is 10.7. The average Bonchev–Trinajstić information content (AvgIpc) is 3.45. The molecule has 0 spiro atoms. The Morgan fingerprint density at radius 3 is 2.75 bits per heavy atom. The Bertz CT molecular complexity index is 1150. The lowest BCUT2D eigenvalue weighted by Crippen LogP contribution is -2.31. The molecule has 170 valence electrons. The highest BCUT2D eigenvalue weighted by atomic mass is 32.2. The van der Waals surface area contributed by atoms with Crippen molar-refractivity contribution in [3.05, 3.63) is 40.7 Å². The molecule has 0 aliphatic carbocycles. The number of rotatable bonds is 7. The van der Waals surface area contributed by atoms with E-state index in [1.54, 1.807) is 18.7 Å². The molecule has 8 nitrogen and oxygen atoms in total. The zero-order valence-corrected chi connectivity index (χ0v) is 20.0. The van der Waals surface area contributed by atoms with E-state index >= 15 is 0 Å². The van der Waals surface area contributed by atoms with E-state index in [0.29, 0.717) is 23.8 Å². The molecule has 3 heterocycles. The van der Waals surface area contributed by atoms with Crippen molar-refractivity contribution < 1.29 is 14.3 Å². The number of thioether (sulfide) groups is 1. The summed E-state index contributed by atoms with van der Waals surface area (Å²) in [5.41, 5.74) is 3.94. The summed E-state index contributed by atoms with van der Waals surface area (Å²) in [4.78, 5) is 24.3. The molecule has 9 heteroatoms. The Kier molecular flexibility index (Phi) is 6.55. The Balaban J connectivity index is 1.54. The molecule has 2 aromatic heterocycles. The van der Waals surface area contributed by atoms with Gasteiger partial charge in [-0.1, -0.05) is 11.8 Å². The molecule has 0 radical (unpaired) electrons. The predicted molar refractivity (Wildman–Crippen MR) is 124 cm³/mol. The van der Waals surface area contributed by atoms with Gasteiger partial charge >= 0.3 is 0 Å². The van der Waals surface area contributed by atoms with E-state index in [-0.39, 0.29) is 11.9 Å². The first-order chi connectivity index (χ1) is 15.5. The SMILES string of the molecule is COc1ccc(OC)c(C2CCCN2C(=O)CCc2c(C)nc3nc(SC)nn3c2C)c1. The second kappa shape index (κ2) is 9.36. The second-order valence-corrected chi connectivity index (χ2v) is 8.70. The normalized spacial score (nSPS) is 16.0. The molecule has 1 atom stereocenters. The van der Waals surface area contributed by atoms with Crippen LogP contribution < -0.4 is 9.47 Å². The minimum atomic E-state index is -0.00481. The third-order valence-electron chi connectivity index (χ3n) is 6.17. The van der Waals surface area contributed by atoms with Crippen molar-refractivity contribution in [3.8, 4) is 11.5 Å². The van der Waals surface area contributed by atoms with Gasteiger partial charge < -0.3 is 14.4 Å². The largest absolute Gasteiger partial charge is 0.497 e. The Hall–Kier alpha value is -2.81. The van der Waals surface area contributed by atoms with Gasteiger partial charge in [-0.05, 0) is 63.1 Å². The number of likely N-dealkylation sites (tertiary alicyclic amines) is 1. The van der Waals surface area contributed by atoms with E-state index in [4.69, 9.17) is 9.47 Å². The number of hydrogen-bond donors (Lipinski definition) is 0. The maximum Gasteiger partial charge on any atom is 0.253 e. The number of amides is 1. The van der Waals surface area contributed by atoms with Crippen LogP contribution in [0.5, 0.6) is 11.5 Å². The zero-order chi connectivity index (χ0) is 22.8. The topological polar surface area (TPSA) is 81.9 Å². The third kappa shape index (κ3) is 4.13. The molecule has 1 saturated heterocycles. The number of aryl methyl sites for hydroxylation is 2. The van der Waals surface area contributed by atoms with Gasteiger partial charge in [0, 0.05) is 29.9 Å². The van der Waals surface area contributed by atoms with Crippen LogP contribution in [0.1, 0.15) is 47.8 Å². The van der Waals surface area contributed by atoms with E-state index in [1.165, 1.54) is 11.8 Å². The summed E-state index contributed by atoms with van der Waals surface area (Å²) in [6.45, 7) is 4.74. The van der Waals surface area contributed by atoms with Crippen LogP contribution in [0.3, 0.4) is 0 Å². The summed E-state index contributed by atoms with van der Waals surface area (Å²) >= 11 is 1.49. The lowest BCUT2D eigenvalue weighted by atomic mass is 10.0. The van der Waals surface area contributed by atoms with Gasteiger partial charge in [0.05, 0.1) is 20.3 Å². The van der Waals surface area contributed by atoms with Gasteiger partial charge in [0.1, 0.15) is 11.5 Å². The molecule has 1 aliphatic rings. The monoisotopic (exact) mass is 455 g/mol. The molecule has 1 fully saturated rings. The number of fused-ring (bicyclic) bond motifs is 1. The van der Waals surface area contributed by atoms with Gasteiger partial charge in [-0.3, -0.25) is 4.79 Å². The fourth-order valence-corrected chi connectivity index (χ4v) is 4.84. The summed E-state index contributed by atoms with van der Waals surface area (Å²) in [7, 11) is 3.31. The van der Waals surface area contributed by atoms with Crippen molar-refractivity contribution in [2.75, 3.05) is 27.0 Å². The van der Waals surface area contributed by atoms with Crippen molar-refractivity contribution in [1.82, 2.24) is 24.5 Å².